The molecule has 1 amide bonds. The van der Waals surface area contributed by atoms with Crippen molar-refractivity contribution < 1.29 is 19.1 Å². The van der Waals surface area contributed by atoms with E-state index in [-0.39, 0.29) is 24.0 Å². The highest BCUT2D eigenvalue weighted by atomic mass is 16.5. The zero-order chi connectivity index (χ0) is 13.3. The third-order valence-electron chi connectivity index (χ3n) is 2.33. The summed E-state index contributed by atoms with van der Waals surface area (Å²) in [5.74, 6) is -0.0733. The van der Waals surface area contributed by atoms with Crippen molar-refractivity contribution in [2.75, 3.05) is 26.9 Å². The monoisotopic (exact) mass is 245 g/mol. The second-order valence-electron chi connectivity index (χ2n) is 4.26. The van der Waals surface area contributed by atoms with E-state index in [9.17, 15) is 9.59 Å². The van der Waals surface area contributed by atoms with Gasteiger partial charge in [-0.05, 0) is 12.8 Å². The number of ketones is 1. The van der Waals surface area contributed by atoms with Gasteiger partial charge in [0.05, 0.1) is 25.9 Å². The number of hydrogen-bond acceptors (Lipinski definition) is 4. The second-order valence-corrected chi connectivity index (χ2v) is 4.26. The predicted molar refractivity (Wildman–Crippen MR) is 64.8 cm³/mol. The first-order valence-electron chi connectivity index (χ1n) is 5.85. The summed E-state index contributed by atoms with van der Waals surface area (Å²) in [4.78, 5) is 22.8. The molecule has 0 aromatic rings. The van der Waals surface area contributed by atoms with Crippen molar-refractivity contribution in [1.29, 1.82) is 0 Å². The summed E-state index contributed by atoms with van der Waals surface area (Å²) in [6.45, 7) is 6.63. The van der Waals surface area contributed by atoms with Gasteiger partial charge >= 0.3 is 0 Å². The molecule has 0 saturated heterocycles. The zero-order valence-corrected chi connectivity index (χ0v) is 11.1. The molecule has 0 aromatic heterocycles. The van der Waals surface area contributed by atoms with Crippen molar-refractivity contribution in [1.82, 2.24) is 5.32 Å². The minimum absolute atomic E-state index is 0.0198. The Morgan fingerprint density at radius 3 is 2.29 bits per heavy atom. The van der Waals surface area contributed by atoms with E-state index >= 15 is 0 Å². The largest absolute Gasteiger partial charge is 0.382 e. The van der Waals surface area contributed by atoms with E-state index < -0.39 is 6.04 Å². The molecular weight excluding hydrogens is 222 g/mol. The second kappa shape index (κ2) is 9.13. The molecule has 0 radical (unpaired) electrons. The number of methoxy groups -OCH3 is 1. The first kappa shape index (κ1) is 16.1. The summed E-state index contributed by atoms with van der Waals surface area (Å²) in [5.41, 5.74) is 0. The Balaban J connectivity index is 3.80. The molecule has 100 valence electrons. The van der Waals surface area contributed by atoms with E-state index in [0.717, 1.165) is 0 Å². The standard InChI is InChI=1S/C12H23NO4/c1-9(2)12(10(3)14)13-11(15)5-6-17-8-7-16-4/h9,12H,5-8H2,1-4H3,(H,13,15)/t12-/m0/s1. The van der Waals surface area contributed by atoms with Gasteiger partial charge in [0, 0.05) is 13.5 Å². The first-order valence-corrected chi connectivity index (χ1v) is 5.85. The Hall–Kier alpha value is -0.940. The van der Waals surface area contributed by atoms with Gasteiger partial charge in [-0.1, -0.05) is 13.8 Å². The van der Waals surface area contributed by atoms with E-state index in [1.807, 2.05) is 13.8 Å². The molecule has 0 aromatic carbocycles. The Morgan fingerprint density at radius 2 is 1.82 bits per heavy atom. The summed E-state index contributed by atoms with van der Waals surface area (Å²) in [6.07, 6.45) is 0.264. The fraction of sp³-hybridized carbons (Fsp3) is 0.833. The normalized spacial score (nSPS) is 12.5. The van der Waals surface area contributed by atoms with E-state index in [1.54, 1.807) is 7.11 Å². The molecule has 1 atom stereocenters. The molecule has 0 fully saturated rings. The first-order chi connectivity index (χ1) is 7.99. The van der Waals surface area contributed by atoms with Crippen LogP contribution < -0.4 is 5.32 Å². The summed E-state index contributed by atoms with van der Waals surface area (Å²) >= 11 is 0. The molecule has 0 saturated carbocycles. The molecule has 0 aliphatic carbocycles. The SMILES string of the molecule is COCCOCCC(=O)N[C@H](C(C)=O)C(C)C. The van der Waals surface area contributed by atoms with Crippen LogP contribution in [0.4, 0.5) is 0 Å². The average Bonchev–Trinajstić information content (AvgIpc) is 2.24. The summed E-state index contributed by atoms with van der Waals surface area (Å²) in [5, 5.41) is 2.71. The predicted octanol–water partition coefficient (Wildman–Crippen LogP) is 0.769. The molecule has 0 spiro atoms. The van der Waals surface area contributed by atoms with Gasteiger partial charge < -0.3 is 14.8 Å². The van der Waals surface area contributed by atoms with Crippen LogP contribution in [0.1, 0.15) is 27.2 Å². The van der Waals surface area contributed by atoms with Crippen LogP contribution in [0.25, 0.3) is 0 Å². The van der Waals surface area contributed by atoms with Gasteiger partial charge in [0.25, 0.3) is 0 Å². The van der Waals surface area contributed by atoms with E-state index in [2.05, 4.69) is 5.32 Å². The van der Waals surface area contributed by atoms with Crippen LogP contribution in [-0.4, -0.2) is 44.7 Å². The third kappa shape index (κ3) is 7.88. The van der Waals surface area contributed by atoms with Gasteiger partial charge in [0.1, 0.15) is 0 Å². The van der Waals surface area contributed by atoms with Crippen LogP contribution >= 0.6 is 0 Å². The number of Topliss-reactive ketones (excluding diaryl/α,β-unsaturated/α-hetero) is 1. The highest BCUT2D eigenvalue weighted by Crippen LogP contribution is 2.03. The lowest BCUT2D eigenvalue weighted by atomic mass is 10.0. The summed E-state index contributed by atoms with van der Waals surface area (Å²) in [7, 11) is 1.59. The Labute approximate surface area is 103 Å². The number of rotatable bonds is 9. The van der Waals surface area contributed by atoms with Crippen LogP contribution in [0.2, 0.25) is 0 Å². The van der Waals surface area contributed by atoms with Crippen LogP contribution in [-0.2, 0) is 19.1 Å². The van der Waals surface area contributed by atoms with Crippen LogP contribution in [0.3, 0.4) is 0 Å². The topological polar surface area (TPSA) is 64.6 Å². The molecule has 5 heteroatoms. The molecule has 0 aliphatic rings. The smallest absolute Gasteiger partial charge is 0.222 e. The maximum absolute atomic E-state index is 11.5. The van der Waals surface area contributed by atoms with Crippen molar-refractivity contribution in [2.45, 2.75) is 33.2 Å². The molecule has 0 aliphatic heterocycles. The van der Waals surface area contributed by atoms with Gasteiger partial charge in [-0.15, -0.1) is 0 Å². The van der Waals surface area contributed by atoms with Crippen molar-refractivity contribution in [3.63, 3.8) is 0 Å². The van der Waals surface area contributed by atoms with Gasteiger partial charge in [0.2, 0.25) is 5.91 Å². The van der Waals surface area contributed by atoms with Crippen LogP contribution in [0.5, 0.6) is 0 Å². The van der Waals surface area contributed by atoms with E-state index in [1.165, 1.54) is 6.92 Å². The maximum Gasteiger partial charge on any atom is 0.222 e. The Morgan fingerprint density at radius 1 is 1.18 bits per heavy atom. The van der Waals surface area contributed by atoms with Gasteiger partial charge in [-0.2, -0.15) is 0 Å². The van der Waals surface area contributed by atoms with Crippen molar-refractivity contribution in [3.05, 3.63) is 0 Å². The minimum atomic E-state index is -0.401. The lowest BCUT2D eigenvalue weighted by molar-refractivity contribution is -0.128. The summed E-state index contributed by atoms with van der Waals surface area (Å²) < 4.78 is 9.98. The van der Waals surface area contributed by atoms with E-state index in [4.69, 9.17) is 9.47 Å². The minimum Gasteiger partial charge on any atom is -0.382 e. The number of carbonyl (C=O) groups excluding carboxylic acids is 2. The van der Waals surface area contributed by atoms with Crippen molar-refractivity contribution >= 4 is 11.7 Å². The van der Waals surface area contributed by atoms with Crippen LogP contribution in [0.15, 0.2) is 0 Å². The zero-order valence-electron chi connectivity index (χ0n) is 11.1. The molecule has 17 heavy (non-hydrogen) atoms. The maximum atomic E-state index is 11.5. The number of ether oxygens (including phenoxy) is 2. The lowest BCUT2D eigenvalue weighted by Crippen LogP contribution is -2.43. The molecule has 1 N–H and O–H groups in total. The summed E-state index contributed by atoms with van der Waals surface area (Å²) in [6, 6.07) is -0.401. The number of hydrogen-bond donors (Lipinski definition) is 1. The number of carbonyl (C=O) groups is 2. The highest BCUT2D eigenvalue weighted by Gasteiger charge is 2.20. The molecule has 0 bridgehead atoms. The van der Waals surface area contributed by atoms with Gasteiger partial charge in [-0.25, -0.2) is 0 Å². The van der Waals surface area contributed by atoms with Crippen LogP contribution in [0, 0.1) is 5.92 Å². The molecule has 5 nitrogen and oxygen atoms in total. The Bertz CT molecular complexity index is 241. The molecule has 0 rings (SSSR count). The number of nitrogens with one attached hydrogen (secondary N) is 1. The lowest BCUT2D eigenvalue weighted by Gasteiger charge is -2.19. The van der Waals surface area contributed by atoms with E-state index in [0.29, 0.717) is 19.8 Å². The molecule has 0 unspecified atom stereocenters. The quantitative estimate of drug-likeness (QED) is 0.609. The fourth-order valence-corrected chi connectivity index (χ4v) is 1.39. The molecular formula is C12H23NO4. The average molecular weight is 245 g/mol. The van der Waals surface area contributed by atoms with Gasteiger partial charge in [-0.3, -0.25) is 9.59 Å². The number of amides is 1. The van der Waals surface area contributed by atoms with Crippen molar-refractivity contribution in [2.24, 2.45) is 5.92 Å². The van der Waals surface area contributed by atoms with Crippen molar-refractivity contribution in [3.8, 4) is 0 Å². The fourth-order valence-electron chi connectivity index (χ4n) is 1.39. The highest BCUT2D eigenvalue weighted by molar-refractivity contribution is 5.87. The Kier molecular flexibility index (Phi) is 8.62. The third-order valence-corrected chi connectivity index (χ3v) is 2.33. The van der Waals surface area contributed by atoms with Gasteiger partial charge in [0.15, 0.2) is 5.78 Å². The molecule has 0 heterocycles.